The highest BCUT2D eigenvalue weighted by Crippen LogP contribution is 2.22. The predicted molar refractivity (Wildman–Crippen MR) is 123 cm³/mol. The van der Waals surface area contributed by atoms with Gasteiger partial charge >= 0.3 is 0 Å². The fourth-order valence-electron chi connectivity index (χ4n) is 3.50. The van der Waals surface area contributed by atoms with E-state index in [1.54, 1.807) is 18.2 Å². The van der Waals surface area contributed by atoms with Crippen LogP contribution in [0.15, 0.2) is 82.9 Å². The lowest BCUT2D eigenvalue weighted by Crippen LogP contribution is -2.26. The van der Waals surface area contributed by atoms with E-state index in [4.69, 9.17) is 10.5 Å². The zero-order valence-corrected chi connectivity index (χ0v) is 17.5. The highest BCUT2D eigenvalue weighted by Gasteiger charge is 2.15. The fourth-order valence-corrected chi connectivity index (χ4v) is 3.50. The van der Waals surface area contributed by atoms with Crippen LogP contribution >= 0.6 is 0 Å². The number of benzene rings is 2. The van der Waals surface area contributed by atoms with Gasteiger partial charge in [0.2, 0.25) is 5.43 Å². The summed E-state index contributed by atoms with van der Waals surface area (Å²) in [7, 11) is 0. The predicted octanol–water partition coefficient (Wildman–Crippen LogP) is 3.19. The minimum absolute atomic E-state index is 0.0752. The van der Waals surface area contributed by atoms with Gasteiger partial charge in [0.15, 0.2) is 11.5 Å². The van der Waals surface area contributed by atoms with Crippen molar-refractivity contribution in [1.82, 2.24) is 9.78 Å². The summed E-state index contributed by atoms with van der Waals surface area (Å²) in [6, 6.07) is 15.5. The molecule has 32 heavy (non-hydrogen) atoms. The van der Waals surface area contributed by atoms with E-state index < -0.39 is 5.82 Å². The number of halogens is 1. The highest BCUT2D eigenvalue weighted by atomic mass is 19.1. The normalized spacial score (nSPS) is 15.2. The number of rotatable bonds is 5. The Morgan fingerprint density at radius 2 is 1.97 bits per heavy atom. The van der Waals surface area contributed by atoms with Crippen molar-refractivity contribution >= 4 is 17.1 Å². The second-order valence-electron chi connectivity index (χ2n) is 7.25. The molecule has 0 amide bonds. The Balaban J connectivity index is 1.70. The van der Waals surface area contributed by atoms with Crippen LogP contribution in [0.3, 0.4) is 0 Å². The molecule has 0 aliphatic carbocycles. The van der Waals surface area contributed by atoms with Gasteiger partial charge in [0.1, 0.15) is 5.69 Å². The number of hydrogen-bond acceptors (Lipinski definition) is 6. The van der Waals surface area contributed by atoms with Crippen LogP contribution in [-0.2, 0) is 4.74 Å². The second kappa shape index (κ2) is 10.0. The van der Waals surface area contributed by atoms with E-state index in [2.05, 4.69) is 15.0 Å². The largest absolute Gasteiger partial charge is 0.405 e. The number of aromatic nitrogens is 2. The SMILES string of the molecule is NC=CC(=Nc1ccccc1)c1nn(-c2ccc(N3CCCOCC3)cc2F)ccc1=O. The Labute approximate surface area is 185 Å². The first-order valence-electron chi connectivity index (χ1n) is 10.4. The lowest BCUT2D eigenvalue weighted by atomic mass is 10.2. The van der Waals surface area contributed by atoms with E-state index in [1.807, 2.05) is 24.3 Å². The molecule has 0 bridgehead atoms. The minimum atomic E-state index is -0.439. The topological polar surface area (TPSA) is 85.7 Å². The van der Waals surface area contributed by atoms with Crippen LogP contribution in [0.25, 0.3) is 5.69 Å². The third-order valence-corrected chi connectivity index (χ3v) is 5.08. The molecule has 0 spiro atoms. The van der Waals surface area contributed by atoms with Gasteiger partial charge in [-0.05, 0) is 49.0 Å². The van der Waals surface area contributed by atoms with Crippen LogP contribution < -0.4 is 16.1 Å². The van der Waals surface area contributed by atoms with Crippen molar-refractivity contribution in [2.45, 2.75) is 6.42 Å². The molecular weight excluding hydrogens is 409 g/mol. The molecule has 7 nitrogen and oxygen atoms in total. The van der Waals surface area contributed by atoms with Crippen LogP contribution in [0.1, 0.15) is 12.1 Å². The molecule has 2 aromatic carbocycles. The molecule has 8 heteroatoms. The summed E-state index contributed by atoms with van der Waals surface area (Å²) in [6.07, 6.45) is 5.13. The van der Waals surface area contributed by atoms with Crippen LogP contribution in [0.4, 0.5) is 15.8 Å². The molecule has 2 N–H and O–H groups in total. The second-order valence-corrected chi connectivity index (χ2v) is 7.25. The molecule has 0 saturated carbocycles. The van der Waals surface area contributed by atoms with Gasteiger partial charge in [-0.25, -0.2) is 14.1 Å². The first-order valence-corrected chi connectivity index (χ1v) is 10.4. The average molecular weight is 433 g/mol. The molecule has 2 heterocycles. The molecule has 0 unspecified atom stereocenters. The number of nitrogens with two attached hydrogens (primary N) is 1. The summed E-state index contributed by atoms with van der Waals surface area (Å²) in [5.41, 5.74) is 7.27. The molecule has 1 aliphatic rings. The number of ether oxygens (including phenoxy) is 1. The number of nitrogens with zero attached hydrogens (tertiary/aromatic N) is 4. The number of hydrogen-bond donors (Lipinski definition) is 1. The lowest BCUT2D eigenvalue weighted by molar-refractivity contribution is 0.152. The summed E-state index contributed by atoms with van der Waals surface area (Å²) >= 11 is 0. The molecule has 1 aromatic heterocycles. The average Bonchev–Trinajstić information content (AvgIpc) is 3.10. The number of aliphatic imine (C=N–C) groups is 1. The monoisotopic (exact) mass is 433 g/mol. The Bertz CT molecular complexity index is 1180. The zero-order chi connectivity index (χ0) is 22.3. The summed E-state index contributed by atoms with van der Waals surface area (Å²) in [5.74, 6) is -0.439. The van der Waals surface area contributed by atoms with E-state index in [0.717, 1.165) is 18.7 Å². The zero-order valence-electron chi connectivity index (χ0n) is 17.5. The molecule has 3 aromatic rings. The van der Waals surface area contributed by atoms with Crippen LogP contribution in [0, 0.1) is 5.82 Å². The van der Waals surface area contributed by atoms with Gasteiger partial charge in [-0.1, -0.05) is 18.2 Å². The number of para-hydroxylation sites is 1. The van der Waals surface area contributed by atoms with Crippen molar-refractivity contribution in [2.75, 3.05) is 31.2 Å². The molecular formula is C24H24FN5O2. The van der Waals surface area contributed by atoms with Gasteiger partial charge in [-0.2, -0.15) is 5.10 Å². The Morgan fingerprint density at radius 1 is 1.12 bits per heavy atom. The van der Waals surface area contributed by atoms with Crippen molar-refractivity contribution in [3.8, 4) is 5.69 Å². The third kappa shape index (κ3) is 4.92. The summed E-state index contributed by atoms with van der Waals surface area (Å²) in [6.45, 7) is 2.85. The van der Waals surface area contributed by atoms with Crippen molar-refractivity contribution in [2.24, 2.45) is 10.7 Å². The first kappa shape index (κ1) is 21.5. The molecule has 0 radical (unpaired) electrons. The Kier molecular flexibility index (Phi) is 6.72. The molecule has 0 atom stereocenters. The maximum Gasteiger partial charge on any atom is 0.209 e. The van der Waals surface area contributed by atoms with Crippen molar-refractivity contribution in [1.29, 1.82) is 0 Å². The Morgan fingerprint density at radius 3 is 2.75 bits per heavy atom. The van der Waals surface area contributed by atoms with E-state index >= 15 is 4.39 Å². The van der Waals surface area contributed by atoms with Gasteiger partial charge in [0, 0.05) is 37.6 Å². The van der Waals surface area contributed by atoms with E-state index in [-0.39, 0.29) is 16.8 Å². The van der Waals surface area contributed by atoms with Crippen LogP contribution in [0.2, 0.25) is 0 Å². The quantitative estimate of drug-likeness (QED) is 0.625. The molecule has 1 saturated heterocycles. The van der Waals surface area contributed by atoms with E-state index in [1.165, 1.54) is 35.3 Å². The Hall–Kier alpha value is -3.78. The maximum atomic E-state index is 15.1. The van der Waals surface area contributed by atoms with Crippen LogP contribution in [0.5, 0.6) is 0 Å². The van der Waals surface area contributed by atoms with Gasteiger partial charge in [-0.15, -0.1) is 0 Å². The van der Waals surface area contributed by atoms with Gasteiger partial charge in [-0.3, -0.25) is 4.79 Å². The minimum Gasteiger partial charge on any atom is -0.405 e. The summed E-state index contributed by atoms with van der Waals surface area (Å²) in [5, 5.41) is 4.37. The smallest absolute Gasteiger partial charge is 0.209 e. The molecule has 1 fully saturated rings. The first-order chi connectivity index (χ1) is 15.7. The van der Waals surface area contributed by atoms with Crippen molar-refractivity contribution in [3.05, 3.63) is 94.8 Å². The van der Waals surface area contributed by atoms with Crippen LogP contribution in [-0.4, -0.2) is 41.8 Å². The number of anilines is 1. The molecule has 1 aliphatic heterocycles. The maximum absolute atomic E-state index is 15.1. The van der Waals surface area contributed by atoms with E-state index in [0.29, 0.717) is 31.2 Å². The van der Waals surface area contributed by atoms with E-state index in [9.17, 15) is 4.79 Å². The standard InChI is InChI=1S/C24H24FN5O2/c25-20-17-19(29-12-4-15-32-16-14-29)7-8-22(20)30-13-10-23(31)24(28-30)21(9-11-26)27-18-5-2-1-3-6-18/h1-3,5-11,13,17H,4,12,14-16,26H2. The number of allylic oxidation sites excluding steroid dienone is 1. The summed E-state index contributed by atoms with van der Waals surface area (Å²) in [4.78, 5) is 19.1. The molecule has 4 rings (SSSR count). The fraction of sp³-hybridized carbons (Fsp3) is 0.208. The van der Waals surface area contributed by atoms with Crippen molar-refractivity contribution in [3.63, 3.8) is 0 Å². The molecule has 164 valence electrons. The lowest BCUT2D eigenvalue weighted by Gasteiger charge is -2.22. The van der Waals surface area contributed by atoms with Crippen molar-refractivity contribution < 1.29 is 9.13 Å². The van der Waals surface area contributed by atoms with Gasteiger partial charge in [0.05, 0.1) is 18.0 Å². The third-order valence-electron chi connectivity index (χ3n) is 5.08. The summed E-state index contributed by atoms with van der Waals surface area (Å²) < 4.78 is 21.9. The van der Waals surface area contributed by atoms with Gasteiger partial charge < -0.3 is 15.4 Å². The highest BCUT2D eigenvalue weighted by molar-refractivity contribution is 6.08. The van der Waals surface area contributed by atoms with Gasteiger partial charge in [0.25, 0.3) is 0 Å².